The van der Waals surface area contributed by atoms with E-state index in [0.717, 1.165) is 0 Å². The number of likely N-dealkylation sites (tertiary alicyclic amines) is 1. The minimum absolute atomic E-state index is 0.0604. The van der Waals surface area contributed by atoms with Gasteiger partial charge in [0.15, 0.2) is 0 Å². The summed E-state index contributed by atoms with van der Waals surface area (Å²) >= 11 is 1.33. The van der Waals surface area contributed by atoms with Crippen molar-refractivity contribution in [3.63, 3.8) is 0 Å². The van der Waals surface area contributed by atoms with Crippen LogP contribution in [-0.4, -0.2) is 62.9 Å². The number of fused-ring (bicyclic) bond motifs is 2. The van der Waals surface area contributed by atoms with Gasteiger partial charge in [-0.05, 0) is 6.07 Å². The number of carbonyl (C=O) groups is 4. The molecule has 3 heterocycles. The van der Waals surface area contributed by atoms with Gasteiger partial charge in [0.1, 0.15) is 16.3 Å². The smallest absolute Gasteiger partial charge is 0.336 e. The van der Waals surface area contributed by atoms with Gasteiger partial charge in [-0.25, -0.2) is 4.79 Å². The zero-order valence-electron chi connectivity index (χ0n) is 16.9. The second-order valence-corrected chi connectivity index (χ2v) is 8.94. The van der Waals surface area contributed by atoms with Crippen molar-refractivity contribution in [1.82, 2.24) is 9.88 Å². The van der Waals surface area contributed by atoms with Crippen LogP contribution in [0.2, 0.25) is 0 Å². The fraction of sp³-hybridized carbons (Fsp3) is 0.261. The summed E-state index contributed by atoms with van der Waals surface area (Å²) in [5, 5.41) is 9.36. The summed E-state index contributed by atoms with van der Waals surface area (Å²) in [6, 6.07) is 8.24. The van der Waals surface area contributed by atoms with Crippen LogP contribution in [0.5, 0.6) is 0 Å². The van der Waals surface area contributed by atoms with E-state index in [-0.39, 0.29) is 17.0 Å². The van der Waals surface area contributed by atoms with Crippen molar-refractivity contribution in [3.8, 4) is 0 Å². The second kappa shape index (κ2) is 7.59. The number of allylic oxidation sites excluding steroid dienone is 1. The topological polar surface area (TPSA) is 114 Å². The first-order valence-electron chi connectivity index (χ1n) is 10.1. The highest BCUT2D eigenvalue weighted by Gasteiger charge is 2.46. The number of carboxylic acid groups (broad SMARTS) is 1. The minimum atomic E-state index is -1.18. The maximum atomic E-state index is 13.0. The summed E-state index contributed by atoms with van der Waals surface area (Å²) in [6.07, 6.45) is 3.67. The maximum Gasteiger partial charge on any atom is 0.336 e. The van der Waals surface area contributed by atoms with Crippen molar-refractivity contribution >= 4 is 41.0 Å². The molecule has 2 aliphatic heterocycles. The Kier molecular flexibility index (Phi) is 4.85. The first kappa shape index (κ1) is 20.4. The predicted molar refractivity (Wildman–Crippen MR) is 115 cm³/mol. The third-order valence-electron chi connectivity index (χ3n) is 6.08. The summed E-state index contributed by atoms with van der Waals surface area (Å²) in [5.41, 5.74) is 0.383. The number of Topliss-reactive ketones (excluding diaryl/α,β-unsaturated/α-hetero) is 2. The molecule has 3 aliphatic rings. The minimum Gasteiger partial charge on any atom is -0.484 e. The van der Waals surface area contributed by atoms with Crippen molar-refractivity contribution in [2.45, 2.75) is 18.4 Å². The first-order chi connectivity index (χ1) is 15.4. The Balaban J connectivity index is 1.37. The molecule has 1 saturated heterocycles. The molecule has 32 heavy (non-hydrogen) atoms. The first-order valence-corrected chi connectivity index (χ1v) is 11.1. The van der Waals surface area contributed by atoms with Crippen molar-refractivity contribution < 1.29 is 29.0 Å². The average molecular weight is 450 g/mol. The molecule has 1 aromatic heterocycles. The number of nitrogens with zero attached hydrogens (tertiary/aromatic N) is 2. The van der Waals surface area contributed by atoms with Crippen molar-refractivity contribution in [3.05, 3.63) is 69.9 Å². The molecule has 162 valence electrons. The Morgan fingerprint density at radius 2 is 1.75 bits per heavy atom. The van der Waals surface area contributed by atoms with E-state index < -0.39 is 23.1 Å². The Bertz CT molecular complexity index is 1210. The number of aromatic nitrogens is 1. The Labute approximate surface area is 187 Å². The molecule has 0 saturated carbocycles. The monoisotopic (exact) mass is 450 g/mol. The van der Waals surface area contributed by atoms with Crippen molar-refractivity contribution in [2.75, 3.05) is 18.8 Å². The number of carbonyl (C=O) groups excluding carboxylic acids is 3. The molecule has 1 aliphatic carbocycles. The van der Waals surface area contributed by atoms with Gasteiger partial charge in [0.25, 0.3) is 5.91 Å². The highest BCUT2D eigenvalue weighted by Crippen LogP contribution is 2.47. The summed E-state index contributed by atoms with van der Waals surface area (Å²) in [6.45, 7) is 0.759. The van der Waals surface area contributed by atoms with Gasteiger partial charge in [-0.3, -0.25) is 19.4 Å². The third kappa shape index (κ3) is 3.20. The van der Waals surface area contributed by atoms with Gasteiger partial charge in [0, 0.05) is 55.2 Å². The molecule has 1 fully saturated rings. The van der Waals surface area contributed by atoms with E-state index in [2.05, 4.69) is 4.98 Å². The van der Waals surface area contributed by atoms with Crippen LogP contribution in [0.1, 0.15) is 49.5 Å². The van der Waals surface area contributed by atoms with E-state index in [4.69, 9.17) is 4.74 Å². The molecule has 2 aromatic rings. The molecular formula is C23H18N2O6S. The number of rotatable bonds is 2. The third-order valence-corrected chi connectivity index (χ3v) is 7.41. The van der Waals surface area contributed by atoms with Crippen LogP contribution in [0.15, 0.2) is 47.6 Å². The van der Waals surface area contributed by atoms with E-state index in [1.807, 2.05) is 0 Å². The molecule has 1 aromatic carbocycles. The highest BCUT2D eigenvalue weighted by atomic mass is 32.2. The summed E-state index contributed by atoms with van der Waals surface area (Å²) < 4.78 is 6.40. The van der Waals surface area contributed by atoms with E-state index in [0.29, 0.717) is 53.5 Å². The van der Waals surface area contributed by atoms with Gasteiger partial charge < -0.3 is 14.7 Å². The summed E-state index contributed by atoms with van der Waals surface area (Å²) in [4.78, 5) is 55.3. The molecule has 9 heteroatoms. The molecule has 0 radical (unpaired) electrons. The lowest BCUT2D eigenvalue weighted by molar-refractivity contribution is -0.111. The van der Waals surface area contributed by atoms with Gasteiger partial charge in [-0.15, -0.1) is 11.8 Å². The Morgan fingerprint density at radius 3 is 2.47 bits per heavy atom. The lowest BCUT2D eigenvalue weighted by Gasteiger charge is -2.45. The second-order valence-electron chi connectivity index (χ2n) is 7.95. The van der Waals surface area contributed by atoms with Crippen LogP contribution < -0.4 is 0 Å². The zero-order valence-corrected chi connectivity index (χ0v) is 17.7. The molecule has 0 atom stereocenters. The number of ketones is 2. The average Bonchev–Trinajstić information content (AvgIpc) is 2.82. The normalized spacial score (nSPS) is 19.3. The largest absolute Gasteiger partial charge is 0.484 e. The van der Waals surface area contributed by atoms with E-state index in [1.165, 1.54) is 30.2 Å². The van der Waals surface area contributed by atoms with E-state index >= 15 is 0 Å². The zero-order chi connectivity index (χ0) is 22.5. The molecule has 1 N–H and O–H groups in total. The maximum absolute atomic E-state index is 13.0. The Hall–Kier alpha value is -3.46. The number of pyridine rings is 1. The molecular weight excluding hydrogens is 432 g/mol. The van der Waals surface area contributed by atoms with E-state index in [9.17, 15) is 24.3 Å². The summed E-state index contributed by atoms with van der Waals surface area (Å²) in [5.74, 6) is -1.66. The Morgan fingerprint density at radius 1 is 1.03 bits per heavy atom. The quantitative estimate of drug-likeness (QED) is 0.695. The van der Waals surface area contributed by atoms with Gasteiger partial charge in [-0.2, -0.15) is 0 Å². The van der Waals surface area contributed by atoms with Crippen molar-refractivity contribution in [1.29, 1.82) is 0 Å². The molecule has 0 bridgehead atoms. The number of ether oxygens (including phenoxy) is 1. The summed E-state index contributed by atoms with van der Waals surface area (Å²) in [7, 11) is 0. The van der Waals surface area contributed by atoms with Gasteiger partial charge in [0.2, 0.25) is 11.6 Å². The number of aromatic carboxylic acids is 1. The number of hydrogen-bond acceptors (Lipinski definition) is 7. The number of benzene rings is 1. The van der Waals surface area contributed by atoms with Gasteiger partial charge in [0.05, 0.1) is 11.1 Å². The van der Waals surface area contributed by atoms with Crippen LogP contribution >= 0.6 is 11.8 Å². The number of thioether (sulfide) groups is 1. The number of amides is 1. The standard InChI is InChI=1S/C23H18N2O6S/c26-17-13-3-1-2-4-14(13)19-20(18(17)27)32-12-23(31-19)6-9-25(10-7-23)21(28)16-11-24-8-5-15(16)22(29)30/h1-5,8,11H,6-7,9-10,12H2,(H,29,30). The molecule has 1 amide bonds. The lowest BCUT2D eigenvalue weighted by Crippen LogP contribution is -2.51. The lowest BCUT2D eigenvalue weighted by atomic mass is 9.89. The van der Waals surface area contributed by atoms with E-state index in [1.54, 1.807) is 29.2 Å². The fourth-order valence-electron chi connectivity index (χ4n) is 4.30. The molecule has 0 unspecified atom stereocenters. The van der Waals surface area contributed by atoms with Crippen molar-refractivity contribution in [2.24, 2.45) is 0 Å². The fourth-order valence-corrected chi connectivity index (χ4v) is 5.56. The van der Waals surface area contributed by atoms with Crippen LogP contribution in [0.3, 0.4) is 0 Å². The SMILES string of the molecule is O=C1C(=O)c2ccccc2C2=C1SCC1(CCN(C(=O)c3cnccc3C(=O)O)CC1)O2. The van der Waals surface area contributed by atoms with Gasteiger partial charge in [-0.1, -0.05) is 24.3 Å². The highest BCUT2D eigenvalue weighted by molar-refractivity contribution is 8.04. The van der Waals surface area contributed by atoms with Crippen LogP contribution in [-0.2, 0) is 9.53 Å². The molecule has 1 spiro atoms. The van der Waals surface area contributed by atoms with Crippen LogP contribution in [0.25, 0.3) is 5.76 Å². The number of hydrogen-bond donors (Lipinski definition) is 1. The molecule has 5 rings (SSSR count). The van der Waals surface area contributed by atoms with Crippen LogP contribution in [0, 0.1) is 0 Å². The predicted octanol–water partition coefficient (Wildman–Crippen LogP) is 2.65. The number of carboxylic acids is 1. The molecule has 8 nitrogen and oxygen atoms in total. The number of piperidine rings is 1. The van der Waals surface area contributed by atoms with Gasteiger partial charge >= 0.3 is 5.97 Å². The van der Waals surface area contributed by atoms with Crippen LogP contribution in [0.4, 0.5) is 0 Å².